The van der Waals surface area contributed by atoms with Gasteiger partial charge in [-0.25, -0.2) is 4.79 Å². The van der Waals surface area contributed by atoms with Crippen molar-refractivity contribution in [3.8, 4) is 22.8 Å². The minimum atomic E-state index is -0.484. The number of benzene rings is 3. The van der Waals surface area contributed by atoms with E-state index in [1.54, 1.807) is 24.4 Å². The zero-order valence-electron chi connectivity index (χ0n) is 14.8. The fraction of sp³-hybridized carbons (Fsp3) is 0.0435. The summed E-state index contributed by atoms with van der Waals surface area (Å²) in [5, 5.41) is 1.73. The number of carbonyl (C=O) groups is 1. The Balaban J connectivity index is 1.85. The van der Waals surface area contributed by atoms with E-state index in [2.05, 4.69) is 4.98 Å². The van der Waals surface area contributed by atoms with E-state index in [-0.39, 0.29) is 0 Å². The number of hydrogen-bond acceptors (Lipinski definition) is 4. The summed E-state index contributed by atoms with van der Waals surface area (Å²) >= 11 is 0. The molecule has 4 rings (SSSR count). The third-order valence-corrected chi connectivity index (χ3v) is 4.32. The van der Waals surface area contributed by atoms with Gasteiger partial charge in [-0.15, -0.1) is 0 Å². The van der Waals surface area contributed by atoms with E-state index in [1.165, 1.54) is 7.11 Å². The molecule has 0 aliphatic rings. The highest BCUT2D eigenvalue weighted by Crippen LogP contribution is 2.35. The molecule has 0 fully saturated rings. The highest BCUT2D eigenvalue weighted by atomic mass is 16.5. The van der Waals surface area contributed by atoms with Crippen LogP contribution in [-0.2, 0) is 0 Å². The van der Waals surface area contributed by atoms with Gasteiger partial charge in [-0.3, -0.25) is 4.98 Å². The third kappa shape index (κ3) is 3.25. The summed E-state index contributed by atoms with van der Waals surface area (Å²) in [5.74, 6) is 0.426. The van der Waals surface area contributed by atoms with Gasteiger partial charge in [0.25, 0.3) is 0 Å². The van der Waals surface area contributed by atoms with Gasteiger partial charge in [0.05, 0.1) is 7.11 Å². The lowest BCUT2D eigenvalue weighted by Gasteiger charge is -2.14. The third-order valence-electron chi connectivity index (χ3n) is 4.32. The SMILES string of the molecule is COc1ccccc1C(=O)Oc1c(-c2ccccc2)ncc2ccccc12. The molecule has 0 aliphatic heterocycles. The molecule has 4 heteroatoms. The normalized spacial score (nSPS) is 10.6. The van der Waals surface area contributed by atoms with Crippen LogP contribution >= 0.6 is 0 Å². The van der Waals surface area contributed by atoms with Crippen LogP contribution in [-0.4, -0.2) is 18.1 Å². The first kappa shape index (κ1) is 16.8. The maximum absolute atomic E-state index is 12.9. The molecule has 0 aliphatic carbocycles. The van der Waals surface area contributed by atoms with Crippen molar-refractivity contribution in [2.75, 3.05) is 7.11 Å². The second-order valence-corrected chi connectivity index (χ2v) is 5.98. The Hall–Kier alpha value is -3.66. The van der Waals surface area contributed by atoms with Crippen molar-refractivity contribution in [2.45, 2.75) is 0 Å². The summed E-state index contributed by atoms with van der Waals surface area (Å²) < 4.78 is 11.2. The van der Waals surface area contributed by atoms with Crippen molar-refractivity contribution < 1.29 is 14.3 Å². The molecule has 0 atom stereocenters. The number of carbonyl (C=O) groups excluding carboxylic acids is 1. The number of hydrogen-bond donors (Lipinski definition) is 0. The first-order valence-corrected chi connectivity index (χ1v) is 8.56. The Bertz CT molecular complexity index is 1110. The zero-order valence-corrected chi connectivity index (χ0v) is 14.8. The second kappa shape index (κ2) is 7.30. The van der Waals surface area contributed by atoms with E-state index in [0.29, 0.717) is 22.8 Å². The average Bonchev–Trinajstić information content (AvgIpc) is 2.74. The maximum atomic E-state index is 12.9. The molecule has 0 amide bonds. The van der Waals surface area contributed by atoms with Gasteiger partial charge in [0, 0.05) is 22.5 Å². The number of ether oxygens (including phenoxy) is 2. The zero-order chi connectivity index (χ0) is 18.6. The topological polar surface area (TPSA) is 48.4 Å². The summed E-state index contributed by atoms with van der Waals surface area (Å²) in [6, 6.07) is 24.4. The van der Waals surface area contributed by atoms with Crippen molar-refractivity contribution in [1.82, 2.24) is 4.98 Å². The molecule has 0 bridgehead atoms. The molecule has 0 saturated carbocycles. The van der Waals surface area contributed by atoms with Crippen LogP contribution in [0, 0.1) is 0 Å². The molecule has 0 spiro atoms. The lowest BCUT2D eigenvalue weighted by molar-refractivity contribution is 0.0734. The Morgan fingerprint density at radius 2 is 1.56 bits per heavy atom. The number of nitrogens with zero attached hydrogens (tertiary/aromatic N) is 1. The highest BCUT2D eigenvalue weighted by molar-refractivity contribution is 5.99. The Morgan fingerprint density at radius 1 is 0.852 bits per heavy atom. The van der Waals surface area contributed by atoms with Gasteiger partial charge >= 0.3 is 5.97 Å². The minimum absolute atomic E-state index is 0.368. The Kier molecular flexibility index (Phi) is 4.54. The largest absolute Gasteiger partial charge is 0.496 e. The summed E-state index contributed by atoms with van der Waals surface area (Å²) in [6.07, 6.45) is 1.79. The number of para-hydroxylation sites is 1. The van der Waals surface area contributed by atoms with Crippen LogP contribution in [0.25, 0.3) is 22.0 Å². The van der Waals surface area contributed by atoms with Crippen molar-refractivity contribution in [3.05, 3.63) is 90.6 Å². The molecule has 27 heavy (non-hydrogen) atoms. The van der Waals surface area contributed by atoms with Gasteiger partial charge in [-0.1, -0.05) is 66.7 Å². The Morgan fingerprint density at radius 3 is 2.37 bits per heavy atom. The molecule has 1 aromatic heterocycles. The van der Waals surface area contributed by atoms with E-state index >= 15 is 0 Å². The number of rotatable bonds is 4. The van der Waals surface area contributed by atoms with Gasteiger partial charge in [0.2, 0.25) is 0 Å². The summed E-state index contributed by atoms with van der Waals surface area (Å²) in [6.45, 7) is 0. The molecule has 4 aromatic rings. The molecule has 4 nitrogen and oxygen atoms in total. The van der Waals surface area contributed by atoms with Crippen LogP contribution in [0.2, 0.25) is 0 Å². The van der Waals surface area contributed by atoms with Gasteiger partial charge in [-0.05, 0) is 12.1 Å². The lowest BCUT2D eigenvalue weighted by atomic mass is 10.1. The molecule has 3 aromatic carbocycles. The van der Waals surface area contributed by atoms with Crippen LogP contribution < -0.4 is 9.47 Å². The van der Waals surface area contributed by atoms with Crippen molar-refractivity contribution in [2.24, 2.45) is 0 Å². The predicted octanol–water partition coefficient (Wildman–Crippen LogP) is 5.13. The average molecular weight is 355 g/mol. The number of pyridine rings is 1. The van der Waals surface area contributed by atoms with E-state index in [1.807, 2.05) is 60.7 Å². The fourth-order valence-electron chi connectivity index (χ4n) is 3.00. The highest BCUT2D eigenvalue weighted by Gasteiger charge is 2.19. The second-order valence-electron chi connectivity index (χ2n) is 5.98. The van der Waals surface area contributed by atoms with Gasteiger partial charge in [0.1, 0.15) is 17.0 Å². The van der Waals surface area contributed by atoms with Gasteiger partial charge in [-0.2, -0.15) is 0 Å². The van der Waals surface area contributed by atoms with Crippen molar-refractivity contribution >= 4 is 16.7 Å². The van der Waals surface area contributed by atoms with Crippen LogP contribution in [0.4, 0.5) is 0 Å². The molecular formula is C23H17NO3. The van der Waals surface area contributed by atoms with E-state index in [0.717, 1.165) is 16.3 Å². The lowest BCUT2D eigenvalue weighted by Crippen LogP contribution is -2.11. The quantitative estimate of drug-likeness (QED) is 0.476. The van der Waals surface area contributed by atoms with E-state index < -0.39 is 5.97 Å². The summed E-state index contributed by atoms with van der Waals surface area (Å²) in [4.78, 5) is 17.4. The van der Waals surface area contributed by atoms with Crippen LogP contribution in [0.15, 0.2) is 85.1 Å². The number of methoxy groups -OCH3 is 1. The molecule has 132 valence electrons. The van der Waals surface area contributed by atoms with Crippen LogP contribution in [0.1, 0.15) is 10.4 Å². The fourth-order valence-corrected chi connectivity index (χ4v) is 3.00. The van der Waals surface area contributed by atoms with Crippen molar-refractivity contribution in [3.63, 3.8) is 0 Å². The first-order chi connectivity index (χ1) is 13.3. The summed E-state index contributed by atoms with van der Waals surface area (Å²) in [7, 11) is 1.53. The molecule has 0 N–H and O–H groups in total. The van der Waals surface area contributed by atoms with Crippen molar-refractivity contribution in [1.29, 1.82) is 0 Å². The predicted molar refractivity (Wildman–Crippen MR) is 105 cm³/mol. The molecule has 0 radical (unpaired) electrons. The molecule has 0 unspecified atom stereocenters. The monoisotopic (exact) mass is 355 g/mol. The van der Waals surface area contributed by atoms with Gasteiger partial charge in [0.15, 0.2) is 5.75 Å². The number of esters is 1. The summed E-state index contributed by atoms with van der Waals surface area (Å²) in [5.41, 5.74) is 1.87. The molecule has 0 saturated heterocycles. The smallest absolute Gasteiger partial charge is 0.347 e. The first-order valence-electron chi connectivity index (χ1n) is 8.56. The number of aromatic nitrogens is 1. The molecular weight excluding hydrogens is 338 g/mol. The number of fused-ring (bicyclic) bond motifs is 1. The standard InChI is InChI=1S/C23H17NO3/c1-26-20-14-8-7-13-19(20)23(25)27-22-18-12-6-5-11-17(18)15-24-21(22)16-9-3-2-4-10-16/h2-15H,1H3. The van der Waals surface area contributed by atoms with E-state index in [9.17, 15) is 4.79 Å². The van der Waals surface area contributed by atoms with Gasteiger partial charge < -0.3 is 9.47 Å². The van der Waals surface area contributed by atoms with Crippen LogP contribution in [0.5, 0.6) is 11.5 Å². The minimum Gasteiger partial charge on any atom is -0.496 e. The maximum Gasteiger partial charge on any atom is 0.347 e. The van der Waals surface area contributed by atoms with Crippen LogP contribution in [0.3, 0.4) is 0 Å². The molecule has 1 heterocycles. The van der Waals surface area contributed by atoms with E-state index in [4.69, 9.17) is 9.47 Å². The Labute approximate surface area is 157 Å².